The Bertz CT molecular complexity index is 963. The van der Waals surface area contributed by atoms with E-state index in [9.17, 15) is 23.1 Å². The van der Waals surface area contributed by atoms with Gasteiger partial charge in [0.15, 0.2) is 9.84 Å². The number of carbonyl (C=O) groups is 2. The Morgan fingerprint density at radius 1 is 1.12 bits per heavy atom. The van der Waals surface area contributed by atoms with E-state index in [4.69, 9.17) is 0 Å². The van der Waals surface area contributed by atoms with Crippen molar-refractivity contribution in [3.63, 3.8) is 0 Å². The molecular formula is C19H19NO5S. The van der Waals surface area contributed by atoms with Gasteiger partial charge in [0.2, 0.25) is 5.91 Å². The third kappa shape index (κ3) is 3.94. The van der Waals surface area contributed by atoms with Gasteiger partial charge < -0.3 is 10.4 Å². The highest BCUT2D eigenvalue weighted by molar-refractivity contribution is 7.90. The van der Waals surface area contributed by atoms with Gasteiger partial charge in [-0.25, -0.2) is 13.2 Å². The zero-order valence-corrected chi connectivity index (χ0v) is 15.0. The molecule has 0 atom stereocenters. The predicted octanol–water partition coefficient (Wildman–Crippen LogP) is 2.75. The lowest BCUT2D eigenvalue weighted by Gasteiger charge is -2.16. The average molecular weight is 373 g/mol. The van der Waals surface area contributed by atoms with E-state index in [0.717, 1.165) is 30.7 Å². The summed E-state index contributed by atoms with van der Waals surface area (Å²) in [5, 5.41) is 11.9. The van der Waals surface area contributed by atoms with Crippen molar-refractivity contribution in [1.82, 2.24) is 0 Å². The zero-order valence-electron chi connectivity index (χ0n) is 14.2. The molecule has 1 amide bonds. The second-order valence-electron chi connectivity index (χ2n) is 6.72. The summed E-state index contributed by atoms with van der Waals surface area (Å²) >= 11 is 0. The van der Waals surface area contributed by atoms with Crippen LogP contribution in [0.25, 0.3) is 0 Å². The number of amides is 1. The van der Waals surface area contributed by atoms with E-state index < -0.39 is 21.2 Å². The SMILES string of the molecule is CS(=O)(=O)c1cc(NC(=O)C2(Cc3ccccc3)CC2)cc(C(=O)O)c1. The minimum atomic E-state index is -3.60. The fourth-order valence-electron chi connectivity index (χ4n) is 2.89. The second-order valence-corrected chi connectivity index (χ2v) is 8.74. The monoisotopic (exact) mass is 373 g/mol. The fourth-order valence-corrected chi connectivity index (χ4v) is 3.58. The summed E-state index contributed by atoms with van der Waals surface area (Å²) < 4.78 is 23.6. The van der Waals surface area contributed by atoms with Crippen LogP contribution in [0, 0.1) is 5.41 Å². The summed E-state index contributed by atoms with van der Waals surface area (Å²) in [5.41, 5.74) is 0.522. The van der Waals surface area contributed by atoms with Crippen LogP contribution in [-0.4, -0.2) is 31.7 Å². The van der Waals surface area contributed by atoms with Gasteiger partial charge in [0, 0.05) is 11.9 Å². The first-order valence-corrected chi connectivity index (χ1v) is 10.0. The number of carboxylic acids is 1. The van der Waals surface area contributed by atoms with Crippen LogP contribution >= 0.6 is 0 Å². The summed E-state index contributed by atoms with van der Waals surface area (Å²) in [6, 6.07) is 13.3. The largest absolute Gasteiger partial charge is 0.478 e. The zero-order chi connectivity index (χ0) is 18.9. The van der Waals surface area contributed by atoms with Crippen molar-refractivity contribution >= 4 is 27.4 Å². The van der Waals surface area contributed by atoms with Crippen LogP contribution in [-0.2, 0) is 21.1 Å². The molecule has 0 spiro atoms. The van der Waals surface area contributed by atoms with Gasteiger partial charge in [-0.15, -0.1) is 0 Å². The number of benzene rings is 2. The number of carbonyl (C=O) groups excluding carboxylic acids is 1. The van der Waals surface area contributed by atoms with Crippen molar-refractivity contribution in [2.45, 2.75) is 24.2 Å². The molecule has 6 nitrogen and oxygen atoms in total. The summed E-state index contributed by atoms with van der Waals surface area (Å²) in [6.45, 7) is 0. The van der Waals surface area contributed by atoms with Crippen LogP contribution in [0.3, 0.4) is 0 Å². The molecule has 0 aliphatic heterocycles. The maximum atomic E-state index is 12.7. The van der Waals surface area contributed by atoms with E-state index in [1.165, 1.54) is 12.1 Å². The molecule has 1 aliphatic rings. The molecule has 136 valence electrons. The summed E-state index contributed by atoms with van der Waals surface area (Å²) in [7, 11) is -3.60. The molecule has 3 rings (SSSR count). The molecule has 0 radical (unpaired) electrons. The average Bonchev–Trinajstić information content (AvgIpc) is 3.35. The molecular weight excluding hydrogens is 354 g/mol. The van der Waals surface area contributed by atoms with Crippen molar-refractivity contribution in [2.75, 3.05) is 11.6 Å². The standard InChI is InChI=1S/C19H19NO5S/c1-26(24,25)16-10-14(17(21)22)9-15(11-16)20-18(23)19(7-8-19)12-13-5-3-2-4-6-13/h2-6,9-11H,7-8,12H2,1H3,(H,20,23)(H,21,22). The molecule has 7 heteroatoms. The number of anilines is 1. The van der Waals surface area contributed by atoms with Gasteiger partial charge in [-0.05, 0) is 43.0 Å². The number of carboxylic acid groups (broad SMARTS) is 1. The lowest BCUT2D eigenvalue weighted by atomic mass is 9.95. The van der Waals surface area contributed by atoms with Crippen molar-refractivity contribution < 1.29 is 23.1 Å². The number of nitrogens with one attached hydrogen (secondary N) is 1. The second kappa shape index (κ2) is 6.57. The van der Waals surface area contributed by atoms with Crippen molar-refractivity contribution in [3.8, 4) is 0 Å². The van der Waals surface area contributed by atoms with Crippen LogP contribution in [0.2, 0.25) is 0 Å². The Morgan fingerprint density at radius 2 is 1.77 bits per heavy atom. The number of hydrogen-bond acceptors (Lipinski definition) is 4. The fraction of sp³-hybridized carbons (Fsp3) is 0.263. The van der Waals surface area contributed by atoms with Gasteiger partial charge in [0.1, 0.15) is 0 Å². The summed E-state index contributed by atoms with van der Waals surface area (Å²) in [5.74, 6) is -1.47. The molecule has 0 heterocycles. The van der Waals surface area contributed by atoms with Crippen molar-refractivity contribution in [2.24, 2.45) is 5.41 Å². The van der Waals surface area contributed by atoms with Crippen LogP contribution in [0.1, 0.15) is 28.8 Å². The van der Waals surface area contributed by atoms with Crippen LogP contribution in [0.4, 0.5) is 5.69 Å². The number of rotatable bonds is 6. The van der Waals surface area contributed by atoms with Crippen molar-refractivity contribution in [1.29, 1.82) is 0 Å². The molecule has 26 heavy (non-hydrogen) atoms. The van der Waals surface area contributed by atoms with Gasteiger partial charge in [-0.2, -0.15) is 0 Å². The van der Waals surface area contributed by atoms with Gasteiger partial charge >= 0.3 is 5.97 Å². The van der Waals surface area contributed by atoms with E-state index >= 15 is 0 Å². The van der Waals surface area contributed by atoms with E-state index in [1.54, 1.807) is 0 Å². The highest BCUT2D eigenvalue weighted by Crippen LogP contribution is 2.49. The van der Waals surface area contributed by atoms with E-state index in [-0.39, 0.29) is 22.1 Å². The number of sulfone groups is 1. The lowest BCUT2D eigenvalue weighted by molar-refractivity contribution is -0.121. The van der Waals surface area contributed by atoms with Crippen LogP contribution < -0.4 is 5.32 Å². The summed E-state index contributed by atoms with van der Waals surface area (Å²) in [6.07, 6.45) is 3.07. The van der Waals surface area contributed by atoms with E-state index in [2.05, 4.69) is 5.32 Å². The molecule has 0 bridgehead atoms. The number of aromatic carboxylic acids is 1. The predicted molar refractivity (Wildman–Crippen MR) is 97.0 cm³/mol. The molecule has 1 saturated carbocycles. The normalized spacial score (nSPS) is 15.3. The first-order valence-electron chi connectivity index (χ1n) is 8.13. The first-order chi connectivity index (χ1) is 12.2. The van der Waals surface area contributed by atoms with Gasteiger partial charge in [-0.1, -0.05) is 30.3 Å². The van der Waals surface area contributed by atoms with Crippen LogP contribution in [0.5, 0.6) is 0 Å². The smallest absolute Gasteiger partial charge is 0.335 e. The quantitative estimate of drug-likeness (QED) is 0.811. The molecule has 1 aliphatic carbocycles. The third-order valence-electron chi connectivity index (χ3n) is 4.56. The highest BCUT2D eigenvalue weighted by atomic mass is 32.2. The number of hydrogen-bond donors (Lipinski definition) is 2. The first kappa shape index (κ1) is 18.1. The van der Waals surface area contributed by atoms with Gasteiger partial charge in [0.05, 0.1) is 15.9 Å². The van der Waals surface area contributed by atoms with Gasteiger partial charge in [0.25, 0.3) is 0 Å². The molecule has 1 fully saturated rings. The van der Waals surface area contributed by atoms with E-state index in [1.807, 2.05) is 30.3 Å². The van der Waals surface area contributed by atoms with Crippen molar-refractivity contribution in [3.05, 3.63) is 59.7 Å². The van der Waals surface area contributed by atoms with Crippen LogP contribution in [0.15, 0.2) is 53.4 Å². The molecule has 2 aromatic rings. The topological polar surface area (TPSA) is 101 Å². The minimum Gasteiger partial charge on any atom is -0.478 e. The lowest BCUT2D eigenvalue weighted by Crippen LogP contribution is -2.26. The Balaban J connectivity index is 1.85. The molecule has 0 saturated heterocycles. The Hall–Kier alpha value is -2.67. The summed E-state index contributed by atoms with van der Waals surface area (Å²) in [4.78, 5) is 23.9. The molecule has 0 unspecified atom stereocenters. The molecule has 0 aromatic heterocycles. The van der Waals surface area contributed by atoms with E-state index in [0.29, 0.717) is 6.42 Å². The maximum Gasteiger partial charge on any atom is 0.335 e. The van der Waals surface area contributed by atoms with Gasteiger partial charge in [-0.3, -0.25) is 4.79 Å². The highest BCUT2D eigenvalue weighted by Gasteiger charge is 2.49. The molecule has 2 N–H and O–H groups in total. The minimum absolute atomic E-state index is 0.138. The Kier molecular flexibility index (Phi) is 4.58. The maximum absolute atomic E-state index is 12.7. The third-order valence-corrected chi connectivity index (χ3v) is 5.65. The Labute approximate surface area is 151 Å². The Morgan fingerprint density at radius 3 is 2.31 bits per heavy atom. The molecule has 2 aromatic carbocycles.